The molecule has 17 heavy (non-hydrogen) atoms. The van der Waals surface area contributed by atoms with Crippen LogP contribution in [0.4, 0.5) is 5.82 Å². The zero-order chi connectivity index (χ0) is 12.1. The van der Waals surface area contributed by atoms with E-state index < -0.39 is 0 Å². The molecule has 1 atom stereocenters. The van der Waals surface area contributed by atoms with Crippen LogP contribution >= 0.6 is 0 Å². The molecule has 2 heterocycles. The van der Waals surface area contributed by atoms with Crippen LogP contribution in [-0.2, 0) is 0 Å². The van der Waals surface area contributed by atoms with Gasteiger partial charge in [0.05, 0.1) is 25.0 Å². The number of nitrogens with one attached hydrogen (secondary N) is 1. The molecule has 0 saturated heterocycles. The van der Waals surface area contributed by atoms with Crippen molar-refractivity contribution in [1.29, 1.82) is 0 Å². The van der Waals surface area contributed by atoms with E-state index >= 15 is 0 Å². The van der Waals surface area contributed by atoms with E-state index in [1.807, 2.05) is 37.3 Å². The third kappa shape index (κ3) is 2.93. The monoisotopic (exact) mass is 229 g/mol. The molecule has 0 aliphatic carbocycles. The zero-order valence-electron chi connectivity index (χ0n) is 9.92. The summed E-state index contributed by atoms with van der Waals surface area (Å²) in [7, 11) is 1.63. The second-order valence-corrected chi connectivity index (χ2v) is 3.70. The van der Waals surface area contributed by atoms with Crippen LogP contribution in [0.25, 0.3) is 0 Å². The van der Waals surface area contributed by atoms with Crippen molar-refractivity contribution in [2.45, 2.75) is 13.0 Å². The van der Waals surface area contributed by atoms with E-state index in [-0.39, 0.29) is 6.04 Å². The number of anilines is 1. The van der Waals surface area contributed by atoms with Gasteiger partial charge >= 0.3 is 0 Å². The molecule has 2 rings (SSSR count). The first-order chi connectivity index (χ1) is 8.29. The Balaban J connectivity index is 2.05. The van der Waals surface area contributed by atoms with Crippen LogP contribution in [0.2, 0.25) is 0 Å². The van der Waals surface area contributed by atoms with Crippen LogP contribution in [0.5, 0.6) is 5.75 Å². The maximum Gasteiger partial charge on any atom is 0.137 e. The molecule has 88 valence electrons. The van der Waals surface area contributed by atoms with Crippen molar-refractivity contribution in [3.8, 4) is 5.75 Å². The quantitative estimate of drug-likeness (QED) is 0.875. The molecule has 0 aliphatic heterocycles. The van der Waals surface area contributed by atoms with Crippen molar-refractivity contribution < 1.29 is 4.74 Å². The van der Waals surface area contributed by atoms with Crippen LogP contribution < -0.4 is 10.1 Å². The Hall–Kier alpha value is -2.10. The summed E-state index contributed by atoms with van der Waals surface area (Å²) >= 11 is 0. The van der Waals surface area contributed by atoms with Gasteiger partial charge in [-0.1, -0.05) is 6.07 Å². The van der Waals surface area contributed by atoms with Gasteiger partial charge in [-0.3, -0.25) is 4.98 Å². The van der Waals surface area contributed by atoms with E-state index in [9.17, 15) is 0 Å². The largest absolute Gasteiger partial charge is 0.495 e. The molecule has 0 bridgehead atoms. The Bertz CT molecular complexity index is 456. The number of ether oxygens (including phenoxy) is 1. The second kappa shape index (κ2) is 5.30. The molecule has 0 fully saturated rings. The zero-order valence-corrected chi connectivity index (χ0v) is 9.92. The summed E-state index contributed by atoms with van der Waals surface area (Å²) in [5.41, 5.74) is 0.991. The second-order valence-electron chi connectivity index (χ2n) is 3.70. The number of hydrogen-bond acceptors (Lipinski definition) is 4. The standard InChI is InChI=1S/C13H15N3O/c1-10(12-5-3-4-8-14-12)16-13-7-6-11(17-2)9-15-13/h3-10H,1-2H3,(H,15,16)/t10-/m0/s1. The highest BCUT2D eigenvalue weighted by Crippen LogP contribution is 2.17. The van der Waals surface area contributed by atoms with Crippen molar-refractivity contribution in [2.75, 3.05) is 12.4 Å². The lowest BCUT2D eigenvalue weighted by Gasteiger charge is -2.13. The van der Waals surface area contributed by atoms with Gasteiger partial charge in [0.1, 0.15) is 11.6 Å². The van der Waals surface area contributed by atoms with Crippen LogP contribution in [0.3, 0.4) is 0 Å². The van der Waals surface area contributed by atoms with E-state index in [0.29, 0.717) is 0 Å². The fourth-order valence-electron chi connectivity index (χ4n) is 1.51. The molecule has 4 nitrogen and oxygen atoms in total. The highest BCUT2D eigenvalue weighted by atomic mass is 16.5. The predicted octanol–water partition coefficient (Wildman–Crippen LogP) is 2.66. The van der Waals surface area contributed by atoms with E-state index in [1.165, 1.54) is 0 Å². The Kier molecular flexibility index (Phi) is 3.55. The Morgan fingerprint density at radius 3 is 2.65 bits per heavy atom. The lowest BCUT2D eigenvalue weighted by Crippen LogP contribution is -2.09. The molecule has 0 radical (unpaired) electrons. The van der Waals surface area contributed by atoms with Gasteiger partial charge in [0.2, 0.25) is 0 Å². The van der Waals surface area contributed by atoms with Gasteiger partial charge in [0.15, 0.2) is 0 Å². The first-order valence-corrected chi connectivity index (χ1v) is 5.47. The van der Waals surface area contributed by atoms with Gasteiger partial charge < -0.3 is 10.1 Å². The van der Waals surface area contributed by atoms with Gasteiger partial charge in [-0.2, -0.15) is 0 Å². The van der Waals surface area contributed by atoms with Crippen LogP contribution in [0.15, 0.2) is 42.7 Å². The molecule has 1 N–H and O–H groups in total. The molecule has 0 saturated carbocycles. The molecule has 2 aromatic rings. The van der Waals surface area contributed by atoms with Crippen molar-refractivity contribution in [3.63, 3.8) is 0 Å². The fraction of sp³-hybridized carbons (Fsp3) is 0.231. The topological polar surface area (TPSA) is 47.0 Å². The Morgan fingerprint density at radius 1 is 1.18 bits per heavy atom. The van der Waals surface area contributed by atoms with Crippen molar-refractivity contribution >= 4 is 5.82 Å². The minimum Gasteiger partial charge on any atom is -0.495 e. The number of hydrogen-bond donors (Lipinski definition) is 1. The van der Waals surface area contributed by atoms with Crippen LogP contribution in [0, 0.1) is 0 Å². The van der Waals surface area contributed by atoms with E-state index in [2.05, 4.69) is 15.3 Å². The molecule has 2 aromatic heterocycles. The summed E-state index contributed by atoms with van der Waals surface area (Å²) in [6.07, 6.45) is 3.47. The van der Waals surface area contributed by atoms with Crippen LogP contribution in [-0.4, -0.2) is 17.1 Å². The van der Waals surface area contributed by atoms with Gasteiger partial charge in [-0.05, 0) is 31.2 Å². The number of rotatable bonds is 4. The average molecular weight is 229 g/mol. The predicted molar refractivity (Wildman–Crippen MR) is 67.1 cm³/mol. The third-order valence-electron chi connectivity index (χ3n) is 2.47. The molecule has 4 heteroatoms. The molecule has 0 unspecified atom stereocenters. The number of aromatic nitrogens is 2. The highest BCUT2D eigenvalue weighted by molar-refractivity contribution is 5.39. The Morgan fingerprint density at radius 2 is 2.06 bits per heavy atom. The van der Waals surface area contributed by atoms with E-state index in [1.54, 1.807) is 19.5 Å². The van der Waals surface area contributed by atoms with E-state index in [0.717, 1.165) is 17.3 Å². The molecule has 0 aliphatic rings. The SMILES string of the molecule is COc1ccc(N[C@@H](C)c2ccccn2)nc1. The van der Waals surface area contributed by atoms with Gasteiger partial charge in [0, 0.05) is 6.20 Å². The summed E-state index contributed by atoms with van der Waals surface area (Å²) in [5.74, 6) is 1.56. The third-order valence-corrected chi connectivity index (χ3v) is 2.47. The van der Waals surface area contributed by atoms with Crippen molar-refractivity contribution in [3.05, 3.63) is 48.4 Å². The lowest BCUT2D eigenvalue weighted by molar-refractivity contribution is 0.413. The van der Waals surface area contributed by atoms with Gasteiger partial charge in [-0.15, -0.1) is 0 Å². The van der Waals surface area contributed by atoms with Crippen molar-refractivity contribution in [2.24, 2.45) is 0 Å². The molecule has 0 aromatic carbocycles. The summed E-state index contributed by atoms with van der Waals surface area (Å²) in [6.45, 7) is 2.05. The minimum atomic E-state index is 0.122. The molecular weight excluding hydrogens is 214 g/mol. The Labute approximate surface area is 101 Å². The summed E-state index contributed by atoms with van der Waals surface area (Å²) in [4.78, 5) is 8.54. The van der Waals surface area contributed by atoms with Gasteiger partial charge in [-0.25, -0.2) is 4.98 Å². The van der Waals surface area contributed by atoms with Crippen LogP contribution in [0.1, 0.15) is 18.7 Å². The van der Waals surface area contributed by atoms with E-state index in [4.69, 9.17) is 4.74 Å². The fourth-order valence-corrected chi connectivity index (χ4v) is 1.51. The summed E-state index contributed by atoms with van der Waals surface area (Å²) < 4.78 is 5.06. The summed E-state index contributed by atoms with van der Waals surface area (Å²) in [6, 6.07) is 9.75. The first kappa shape index (κ1) is 11.4. The molecule has 0 spiro atoms. The number of nitrogens with zero attached hydrogens (tertiary/aromatic N) is 2. The number of methoxy groups -OCH3 is 1. The normalized spacial score (nSPS) is 11.9. The average Bonchev–Trinajstić information content (AvgIpc) is 2.40. The minimum absolute atomic E-state index is 0.122. The maximum absolute atomic E-state index is 5.06. The first-order valence-electron chi connectivity index (χ1n) is 5.47. The number of pyridine rings is 2. The van der Waals surface area contributed by atoms with Crippen molar-refractivity contribution in [1.82, 2.24) is 9.97 Å². The summed E-state index contributed by atoms with van der Waals surface area (Å²) in [5, 5.41) is 3.28. The smallest absolute Gasteiger partial charge is 0.137 e. The molecule has 0 amide bonds. The van der Waals surface area contributed by atoms with Gasteiger partial charge in [0.25, 0.3) is 0 Å². The highest BCUT2D eigenvalue weighted by Gasteiger charge is 2.06. The maximum atomic E-state index is 5.06. The molecular formula is C13H15N3O. The lowest BCUT2D eigenvalue weighted by atomic mass is 10.2.